The highest BCUT2D eigenvalue weighted by molar-refractivity contribution is 5.71. The molecule has 3 aromatic carbocycles. The van der Waals surface area contributed by atoms with Crippen LogP contribution >= 0.6 is 0 Å². The van der Waals surface area contributed by atoms with Gasteiger partial charge in [0.15, 0.2) is 11.6 Å². The summed E-state index contributed by atoms with van der Waals surface area (Å²) in [7, 11) is 0. The van der Waals surface area contributed by atoms with Crippen molar-refractivity contribution in [3.05, 3.63) is 95.3 Å². The summed E-state index contributed by atoms with van der Waals surface area (Å²) in [5, 5.41) is 0. The maximum absolute atomic E-state index is 15.4. The fourth-order valence-corrected chi connectivity index (χ4v) is 7.24. The molecule has 0 unspecified atom stereocenters. The third kappa shape index (κ3) is 6.40. The van der Waals surface area contributed by atoms with Gasteiger partial charge in [0.1, 0.15) is 5.82 Å². The average Bonchev–Trinajstić information content (AvgIpc) is 2.99. The highest BCUT2D eigenvalue weighted by Gasteiger charge is 2.31. The number of hydrogen-bond acceptors (Lipinski definition) is 0. The molecule has 5 rings (SSSR count). The van der Waals surface area contributed by atoms with E-state index in [1.165, 1.54) is 38.5 Å². The van der Waals surface area contributed by atoms with Gasteiger partial charge in [-0.05, 0) is 129 Å². The largest absolute Gasteiger partial charge is 0.207 e. The Balaban J connectivity index is 1.22. The Kier molecular flexibility index (Phi) is 9.50. The van der Waals surface area contributed by atoms with E-state index in [4.69, 9.17) is 0 Å². The first-order valence-corrected chi connectivity index (χ1v) is 15.5. The number of benzene rings is 3. The highest BCUT2D eigenvalue weighted by Crippen LogP contribution is 2.45. The average molecular weight is 545 g/mol. The van der Waals surface area contributed by atoms with Crippen molar-refractivity contribution in [1.82, 2.24) is 0 Å². The maximum atomic E-state index is 15.4. The zero-order chi connectivity index (χ0) is 28.1. The van der Waals surface area contributed by atoms with E-state index in [1.807, 2.05) is 31.2 Å². The Morgan fingerprint density at radius 2 is 1.32 bits per heavy atom. The van der Waals surface area contributed by atoms with Crippen LogP contribution in [0.25, 0.3) is 22.3 Å². The molecule has 0 N–H and O–H groups in total. The summed E-state index contributed by atoms with van der Waals surface area (Å²) >= 11 is 0. The smallest absolute Gasteiger partial charge is 0.166 e. The van der Waals surface area contributed by atoms with E-state index in [9.17, 15) is 8.78 Å². The lowest BCUT2D eigenvalue weighted by molar-refractivity contribution is 0.171. The molecule has 0 aromatic heterocycles. The number of allylic oxidation sites excluding steroid dienone is 2. The van der Waals surface area contributed by atoms with Crippen LogP contribution in [0, 0.1) is 35.2 Å². The highest BCUT2D eigenvalue weighted by atomic mass is 19.2. The van der Waals surface area contributed by atoms with Gasteiger partial charge in [0.25, 0.3) is 0 Å². The van der Waals surface area contributed by atoms with E-state index in [0.717, 1.165) is 60.1 Å². The lowest BCUT2D eigenvalue weighted by Crippen LogP contribution is -2.25. The van der Waals surface area contributed by atoms with Gasteiger partial charge in [-0.1, -0.05) is 74.0 Å². The monoisotopic (exact) mass is 544 g/mol. The van der Waals surface area contributed by atoms with E-state index in [-0.39, 0.29) is 11.4 Å². The van der Waals surface area contributed by atoms with E-state index in [2.05, 4.69) is 19.1 Å². The summed E-state index contributed by atoms with van der Waals surface area (Å²) < 4.78 is 44.8. The summed E-state index contributed by atoms with van der Waals surface area (Å²) in [6.07, 6.45) is 16.8. The number of halogens is 3. The Bertz CT molecular complexity index is 1290. The molecule has 0 radical (unpaired) electrons. The van der Waals surface area contributed by atoms with E-state index >= 15 is 4.39 Å². The van der Waals surface area contributed by atoms with E-state index in [1.54, 1.807) is 30.3 Å². The van der Waals surface area contributed by atoms with Crippen molar-refractivity contribution >= 4 is 0 Å². The van der Waals surface area contributed by atoms with Gasteiger partial charge in [-0.2, -0.15) is 0 Å². The summed E-state index contributed by atoms with van der Waals surface area (Å²) in [4.78, 5) is 0. The Morgan fingerprint density at radius 1 is 0.700 bits per heavy atom. The molecule has 0 bridgehead atoms. The Labute approximate surface area is 238 Å². The molecule has 40 heavy (non-hydrogen) atoms. The SMILES string of the molecule is C/C=C/C1CCC(C2CCC(c3ccc(-c4ccc(-c5ccc(CCCC)c(F)c5F)cc4)cc3F)CC2)CC1. The number of unbranched alkanes of at least 4 members (excludes halogenated alkanes) is 1. The number of rotatable bonds is 8. The molecular weight excluding hydrogens is 501 g/mol. The predicted octanol–water partition coefficient (Wildman–Crippen LogP) is 11.4. The first-order valence-electron chi connectivity index (χ1n) is 15.5. The summed E-state index contributed by atoms with van der Waals surface area (Å²) in [6.45, 7) is 4.15. The van der Waals surface area contributed by atoms with Crippen LogP contribution in [-0.4, -0.2) is 0 Å². The summed E-state index contributed by atoms with van der Waals surface area (Å²) in [6, 6.07) is 16.3. The van der Waals surface area contributed by atoms with Crippen LogP contribution in [0.5, 0.6) is 0 Å². The van der Waals surface area contributed by atoms with Crippen LogP contribution < -0.4 is 0 Å². The minimum absolute atomic E-state index is 0.132. The van der Waals surface area contributed by atoms with E-state index in [0.29, 0.717) is 23.5 Å². The molecule has 2 saturated carbocycles. The van der Waals surface area contributed by atoms with Crippen molar-refractivity contribution in [1.29, 1.82) is 0 Å². The predicted molar refractivity (Wildman–Crippen MR) is 161 cm³/mol. The standard InChI is InChI=1S/C37H43F3/c1-3-5-7-31-20-23-34(37(40)36(31)39)30-18-14-28(15-19-30)32-21-22-33(35(38)24-32)29-16-12-27(13-17-29)26-10-8-25(6-4-2)9-11-26/h4,6,14-15,18-27,29H,3,5,7-13,16-17H2,1-2H3/b6-4+. The third-order valence-electron chi connectivity index (χ3n) is 9.65. The molecule has 0 atom stereocenters. The van der Waals surface area contributed by atoms with Gasteiger partial charge in [0.2, 0.25) is 0 Å². The lowest BCUT2D eigenvalue weighted by atomic mass is 9.68. The Morgan fingerprint density at radius 3 is 1.95 bits per heavy atom. The molecule has 3 heteroatoms. The number of aryl methyl sites for hydroxylation is 1. The summed E-state index contributed by atoms with van der Waals surface area (Å²) in [5.74, 6) is 1.03. The lowest BCUT2D eigenvalue weighted by Gasteiger charge is -2.37. The maximum Gasteiger partial charge on any atom is 0.166 e. The van der Waals surface area contributed by atoms with Crippen LogP contribution in [0.1, 0.15) is 95.1 Å². The topological polar surface area (TPSA) is 0 Å². The molecule has 0 nitrogen and oxygen atoms in total. The molecule has 0 amide bonds. The van der Waals surface area contributed by atoms with Crippen molar-refractivity contribution < 1.29 is 13.2 Å². The fraction of sp³-hybridized carbons (Fsp3) is 0.459. The van der Waals surface area contributed by atoms with Crippen LogP contribution in [0.4, 0.5) is 13.2 Å². The minimum Gasteiger partial charge on any atom is -0.207 e. The molecule has 0 spiro atoms. The summed E-state index contributed by atoms with van der Waals surface area (Å²) in [5.41, 5.74) is 3.82. The second-order valence-corrected chi connectivity index (χ2v) is 12.1. The molecular formula is C37H43F3. The van der Waals surface area contributed by atoms with Gasteiger partial charge < -0.3 is 0 Å². The normalized spacial score (nSPS) is 23.5. The van der Waals surface area contributed by atoms with Crippen molar-refractivity contribution in [2.24, 2.45) is 17.8 Å². The number of hydrogen-bond donors (Lipinski definition) is 0. The van der Waals surface area contributed by atoms with Crippen LogP contribution in [0.3, 0.4) is 0 Å². The second-order valence-electron chi connectivity index (χ2n) is 12.1. The molecule has 0 heterocycles. The van der Waals surface area contributed by atoms with Gasteiger partial charge in [-0.25, -0.2) is 13.2 Å². The van der Waals surface area contributed by atoms with Crippen molar-refractivity contribution in [2.45, 2.75) is 90.4 Å². The molecule has 2 aliphatic carbocycles. The van der Waals surface area contributed by atoms with Crippen LogP contribution in [0.15, 0.2) is 66.7 Å². The fourth-order valence-electron chi connectivity index (χ4n) is 7.24. The van der Waals surface area contributed by atoms with Crippen molar-refractivity contribution in [3.8, 4) is 22.3 Å². The Hall–Kier alpha value is -2.81. The van der Waals surface area contributed by atoms with Crippen molar-refractivity contribution in [2.75, 3.05) is 0 Å². The molecule has 212 valence electrons. The zero-order valence-corrected chi connectivity index (χ0v) is 24.1. The molecule has 2 fully saturated rings. The van der Waals surface area contributed by atoms with Gasteiger partial charge in [0.05, 0.1) is 0 Å². The van der Waals surface area contributed by atoms with Gasteiger partial charge in [-0.3, -0.25) is 0 Å². The molecule has 3 aromatic rings. The van der Waals surface area contributed by atoms with Crippen molar-refractivity contribution in [3.63, 3.8) is 0 Å². The van der Waals surface area contributed by atoms with Crippen LogP contribution in [-0.2, 0) is 6.42 Å². The van der Waals surface area contributed by atoms with Gasteiger partial charge in [-0.15, -0.1) is 0 Å². The third-order valence-corrected chi connectivity index (χ3v) is 9.65. The van der Waals surface area contributed by atoms with Gasteiger partial charge >= 0.3 is 0 Å². The van der Waals surface area contributed by atoms with E-state index < -0.39 is 11.6 Å². The minimum atomic E-state index is -0.798. The first-order chi connectivity index (χ1) is 19.5. The molecule has 0 saturated heterocycles. The zero-order valence-electron chi connectivity index (χ0n) is 24.1. The second kappa shape index (κ2) is 13.2. The quantitative estimate of drug-likeness (QED) is 0.247. The first kappa shape index (κ1) is 28.7. The van der Waals surface area contributed by atoms with Gasteiger partial charge in [0, 0.05) is 5.56 Å². The molecule has 2 aliphatic rings. The van der Waals surface area contributed by atoms with Crippen LogP contribution in [0.2, 0.25) is 0 Å². The molecule has 0 aliphatic heterocycles.